The molecule has 0 saturated heterocycles. The topological polar surface area (TPSA) is 313 Å². The number of hydrogen-bond acceptors (Lipinski definition) is 16. The molecule has 0 fully saturated rings. The Morgan fingerprint density at radius 3 is 2.24 bits per heavy atom. The lowest BCUT2D eigenvalue weighted by atomic mass is 9.81. The van der Waals surface area contributed by atoms with E-state index in [9.17, 15) is 62.6 Å². The molecule has 0 saturated carbocycles. The third-order valence-corrected chi connectivity index (χ3v) is 15.2. The number of esters is 2. The Morgan fingerprint density at radius 1 is 0.841 bits per heavy atom. The molecule has 4 aliphatic rings. The Hall–Kier alpha value is -8.60. The molecule has 8 rings (SSSR count). The van der Waals surface area contributed by atoms with E-state index in [-0.39, 0.29) is 118 Å². The molecule has 5 heterocycles. The summed E-state index contributed by atoms with van der Waals surface area (Å²) in [6.45, 7) is 5.05. The van der Waals surface area contributed by atoms with Crippen LogP contribution in [0.4, 0.5) is 4.39 Å². The number of halogens is 1. The van der Waals surface area contributed by atoms with E-state index in [1.165, 1.54) is 16.7 Å². The van der Waals surface area contributed by atoms with Crippen LogP contribution in [0, 0.1) is 18.7 Å². The van der Waals surface area contributed by atoms with E-state index in [4.69, 9.17) is 14.5 Å². The van der Waals surface area contributed by atoms with Crippen LogP contribution >= 0.6 is 0 Å². The molecule has 22 nitrogen and oxygen atoms in total. The maximum atomic E-state index is 15.6. The minimum Gasteiger partial charge on any atom is -0.463 e. The first-order valence-corrected chi connectivity index (χ1v) is 27.3. The highest BCUT2D eigenvalue weighted by molar-refractivity contribution is 6.13. The molecule has 6 amide bonds. The lowest BCUT2D eigenvalue weighted by Crippen LogP contribution is -2.48. The molecular weight excluding hydrogens is 1070 g/mol. The minimum absolute atomic E-state index is 0.0275. The SMILES string of the molecule is CC[C@@]1(O)C(=O)OCc2c1cc1n(c2=O)Cc2c-1nc1cc(F)c(C)c3c1c2[C@@H](NC(=O)[C@H](CCC(=O)OC(C)C)NC(=O)CCC(=O)CNC(=O)[C@@H](CC(=O)CNC(=O)CCC(=O)CCN1C(=O)C=CC1=O)Cc1ccccc1)CC3. The van der Waals surface area contributed by atoms with Gasteiger partial charge in [-0.25, -0.2) is 14.2 Å². The summed E-state index contributed by atoms with van der Waals surface area (Å²) in [5, 5.41) is 22.7. The first kappa shape index (κ1) is 59.5. The summed E-state index contributed by atoms with van der Waals surface area (Å²) in [5.74, 6) is -8.20. The van der Waals surface area contributed by atoms with Crippen LogP contribution in [-0.4, -0.2) is 116 Å². The summed E-state index contributed by atoms with van der Waals surface area (Å²) in [6.07, 6.45) is 0.0824. The molecule has 2 aromatic carbocycles. The van der Waals surface area contributed by atoms with Crippen molar-refractivity contribution in [3.8, 4) is 11.4 Å². The highest BCUT2D eigenvalue weighted by atomic mass is 19.1. The quantitative estimate of drug-likeness (QED) is 0.0393. The summed E-state index contributed by atoms with van der Waals surface area (Å²) in [7, 11) is 0. The fourth-order valence-electron chi connectivity index (χ4n) is 10.8. The van der Waals surface area contributed by atoms with Crippen molar-refractivity contribution in [2.75, 3.05) is 19.6 Å². The highest BCUT2D eigenvalue weighted by Gasteiger charge is 2.46. The van der Waals surface area contributed by atoms with Crippen molar-refractivity contribution in [2.45, 2.75) is 142 Å². The first-order chi connectivity index (χ1) is 39.1. The second-order valence-corrected chi connectivity index (χ2v) is 21.2. The van der Waals surface area contributed by atoms with Gasteiger partial charge >= 0.3 is 11.9 Å². The Kier molecular flexibility index (Phi) is 18.5. The number of benzene rings is 2. The molecule has 0 bridgehead atoms. The number of nitrogens with one attached hydrogen (secondary N) is 4. The number of amides is 6. The molecular formula is C59H64FN7O15. The van der Waals surface area contributed by atoms with Crippen molar-refractivity contribution < 1.29 is 71.7 Å². The Morgan fingerprint density at radius 2 is 1.54 bits per heavy atom. The summed E-state index contributed by atoms with van der Waals surface area (Å²) in [6, 6.07) is 9.45. The Bertz CT molecular complexity index is 3390. The van der Waals surface area contributed by atoms with Gasteiger partial charge in [0.05, 0.1) is 54.2 Å². The fraction of sp³-hybridized carbons (Fsp3) is 0.441. The molecule has 4 aromatic rings. The van der Waals surface area contributed by atoms with Crippen molar-refractivity contribution in [3.63, 3.8) is 0 Å². The molecule has 0 unspecified atom stereocenters. The van der Waals surface area contributed by atoms with E-state index >= 15 is 4.39 Å². The first-order valence-electron chi connectivity index (χ1n) is 27.3. The van der Waals surface area contributed by atoms with Crippen molar-refractivity contribution in [3.05, 3.63) is 110 Å². The number of aromatic nitrogens is 2. The minimum atomic E-state index is -2.11. The number of aliphatic hydroxyl groups is 1. The molecule has 23 heteroatoms. The number of aryl methyl sites for hydroxylation is 1. The normalized spacial score (nSPS) is 17.3. The van der Waals surface area contributed by atoms with E-state index < -0.39 is 120 Å². The predicted molar refractivity (Wildman–Crippen MR) is 289 cm³/mol. The number of imide groups is 1. The molecule has 3 aliphatic heterocycles. The van der Waals surface area contributed by atoms with Gasteiger partial charge in [-0.1, -0.05) is 37.3 Å². The zero-order valence-corrected chi connectivity index (χ0v) is 45.9. The number of nitrogens with zero attached hydrogens (tertiary/aromatic N) is 3. The standard InChI is InChI=1S/C59H64FN7O15/c1-5-59(80)41-25-46-54-39(29-67(46)57(78)40(41)30-81-58(59)79)53-43(14-13-38-32(4)42(60)26-45(64-54)52(38)53)65-56(77)44(15-20-51(75)82-31(2)3)63-48(72)17-12-36(69)27-62-55(76)34(23-33-9-7-6-8-10-33)24-37(70)28-61-47(71)16-11-35(68)21-22-66-49(73)18-19-50(66)74/h6-10,18-19,25-26,31,34,43-44,80H,5,11-17,20-24,27-30H2,1-4H3,(H,61,71)(H,62,76)(H,63,72)(H,65,77)/t34-,43+,44+,59+/m1/s1. The van der Waals surface area contributed by atoms with Gasteiger partial charge in [0, 0.05) is 92.1 Å². The lowest BCUT2D eigenvalue weighted by molar-refractivity contribution is -0.172. The Labute approximate surface area is 469 Å². The van der Waals surface area contributed by atoms with Gasteiger partial charge in [-0.2, -0.15) is 0 Å². The number of rotatable bonds is 26. The van der Waals surface area contributed by atoms with Gasteiger partial charge in [0.15, 0.2) is 17.2 Å². The van der Waals surface area contributed by atoms with Crippen LogP contribution < -0.4 is 26.8 Å². The van der Waals surface area contributed by atoms with E-state index in [2.05, 4.69) is 21.3 Å². The number of Topliss-reactive ketones (excluding diaryl/α,β-unsaturated/α-hetero) is 3. The van der Waals surface area contributed by atoms with Crippen LogP contribution in [0.25, 0.3) is 22.3 Å². The third-order valence-electron chi connectivity index (χ3n) is 15.2. The van der Waals surface area contributed by atoms with Crippen molar-refractivity contribution >= 4 is 75.6 Å². The second-order valence-electron chi connectivity index (χ2n) is 21.2. The van der Waals surface area contributed by atoms with Crippen LogP contribution in [-0.2, 0) is 93.8 Å². The van der Waals surface area contributed by atoms with Gasteiger partial charge in [-0.3, -0.25) is 57.6 Å². The largest absolute Gasteiger partial charge is 0.463 e. The van der Waals surface area contributed by atoms with Crippen molar-refractivity contribution in [1.82, 2.24) is 35.7 Å². The molecule has 1 aliphatic carbocycles. The molecule has 2 aromatic heterocycles. The van der Waals surface area contributed by atoms with Crippen LogP contribution in [0.3, 0.4) is 0 Å². The summed E-state index contributed by atoms with van der Waals surface area (Å²) in [4.78, 5) is 162. The molecule has 5 N–H and O–H groups in total. The zero-order chi connectivity index (χ0) is 59.2. The molecule has 0 radical (unpaired) electrons. The summed E-state index contributed by atoms with van der Waals surface area (Å²) < 4.78 is 27.6. The summed E-state index contributed by atoms with van der Waals surface area (Å²) in [5.41, 5.74) is 1.20. The van der Waals surface area contributed by atoms with Crippen LogP contribution in [0.5, 0.6) is 0 Å². The van der Waals surface area contributed by atoms with E-state index in [0.717, 1.165) is 17.1 Å². The number of ketones is 3. The second kappa shape index (κ2) is 25.5. The van der Waals surface area contributed by atoms with Gasteiger partial charge in [-0.15, -0.1) is 0 Å². The molecule has 432 valence electrons. The number of hydrogen-bond donors (Lipinski definition) is 5. The lowest BCUT2D eigenvalue weighted by Gasteiger charge is -2.31. The number of carbonyl (C=O) groups excluding carboxylic acids is 11. The molecule has 82 heavy (non-hydrogen) atoms. The van der Waals surface area contributed by atoms with Crippen molar-refractivity contribution in [1.29, 1.82) is 0 Å². The average molecular weight is 1130 g/mol. The number of fused-ring (bicyclic) bond motifs is 5. The molecule has 4 atom stereocenters. The number of carbonyl (C=O) groups is 11. The van der Waals surface area contributed by atoms with Crippen molar-refractivity contribution in [2.24, 2.45) is 5.92 Å². The van der Waals surface area contributed by atoms with Gasteiger partial charge in [0.1, 0.15) is 24.2 Å². The van der Waals surface area contributed by atoms with E-state index in [1.54, 1.807) is 58.0 Å². The predicted octanol–water partition coefficient (Wildman–Crippen LogP) is 2.91. The molecule has 0 spiro atoms. The number of ether oxygens (including phenoxy) is 2. The van der Waals surface area contributed by atoms with Gasteiger partial charge in [0.25, 0.3) is 17.4 Å². The fourth-order valence-corrected chi connectivity index (χ4v) is 10.8. The smallest absolute Gasteiger partial charge is 0.343 e. The van der Waals surface area contributed by atoms with E-state index in [0.29, 0.717) is 39.6 Å². The van der Waals surface area contributed by atoms with Crippen LogP contribution in [0.1, 0.15) is 130 Å². The van der Waals surface area contributed by atoms with Gasteiger partial charge in [-0.05, 0) is 81.2 Å². The third kappa shape index (κ3) is 13.3. The van der Waals surface area contributed by atoms with Crippen LogP contribution in [0.15, 0.2) is 59.4 Å². The monoisotopic (exact) mass is 1130 g/mol. The van der Waals surface area contributed by atoms with Gasteiger partial charge < -0.3 is 40.4 Å². The van der Waals surface area contributed by atoms with E-state index in [1.807, 2.05) is 0 Å². The Balaban J connectivity index is 0.907. The van der Waals surface area contributed by atoms with Crippen LogP contribution in [0.2, 0.25) is 0 Å². The van der Waals surface area contributed by atoms with Gasteiger partial charge in [0.2, 0.25) is 23.6 Å². The maximum Gasteiger partial charge on any atom is 0.343 e. The highest BCUT2D eigenvalue weighted by Crippen LogP contribution is 2.46. The average Bonchev–Trinajstić information content (AvgIpc) is 1.70. The maximum absolute atomic E-state index is 15.6. The zero-order valence-electron chi connectivity index (χ0n) is 45.9. The number of cyclic esters (lactones) is 1. The number of pyridine rings is 2. The summed E-state index contributed by atoms with van der Waals surface area (Å²) >= 11 is 0.